The summed E-state index contributed by atoms with van der Waals surface area (Å²) in [6.07, 6.45) is -0.813. The van der Waals surface area contributed by atoms with Gasteiger partial charge in [0.15, 0.2) is 10.4 Å². The van der Waals surface area contributed by atoms with Crippen LogP contribution in [0, 0.1) is 4.77 Å². The molecule has 0 radical (unpaired) electrons. The Morgan fingerprint density at radius 3 is 3.06 bits per heavy atom. The van der Waals surface area contributed by atoms with E-state index in [1.807, 2.05) is 6.07 Å². The number of methoxy groups -OCH3 is 1. The van der Waals surface area contributed by atoms with Gasteiger partial charge in [-0.15, -0.1) is 0 Å². The van der Waals surface area contributed by atoms with Crippen LogP contribution in [0.25, 0.3) is 11.2 Å². The summed E-state index contributed by atoms with van der Waals surface area (Å²) in [5.41, 5.74) is 6.33. The molecule has 0 atom stereocenters. The van der Waals surface area contributed by atoms with Crippen molar-refractivity contribution in [3.05, 3.63) is 16.9 Å². The van der Waals surface area contributed by atoms with E-state index in [0.717, 1.165) is 5.52 Å². The largest absolute Gasteiger partial charge is 0.481 e. The first kappa shape index (κ1) is 12.4. The molecule has 2 aromatic rings. The summed E-state index contributed by atoms with van der Waals surface area (Å²) < 4.78 is 11.9. The zero-order valence-electron chi connectivity index (χ0n) is 9.67. The highest BCUT2D eigenvalue weighted by atomic mass is 32.1. The molecule has 0 saturated carbocycles. The van der Waals surface area contributed by atoms with E-state index in [0.29, 0.717) is 22.8 Å². The van der Waals surface area contributed by atoms with Crippen LogP contribution in [-0.2, 0) is 11.3 Å². The lowest BCUT2D eigenvalue weighted by atomic mass is 10.4. The molecule has 7 nitrogen and oxygen atoms in total. The molecular weight excluding hydrogens is 256 g/mol. The number of pyridine rings is 1. The SMILES string of the molecule is COc1ccc2[nH]c(=S)n(CCOC(N)=O)c2n1. The van der Waals surface area contributed by atoms with Gasteiger partial charge in [-0.05, 0) is 18.3 Å². The number of nitrogens with one attached hydrogen (secondary N) is 1. The number of rotatable bonds is 4. The van der Waals surface area contributed by atoms with Crippen LogP contribution in [0.2, 0.25) is 0 Å². The first-order chi connectivity index (χ1) is 8.61. The van der Waals surface area contributed by atoms with Gasteiger partial charge in [0.2, 0.25) is 5.88 Å². The number of hydrogen-bond donors (Lipinski definition) is 2. The molecule has 0 saturated heterocycles. The van der Waals surface area contributed by atoms with Crippen molar-refractivity contribution in [2.24, 2.45) is 5.73 Å². The Bertz CT molecular complexity index is 634. The topological polar surface area (TPSA) is 95.2 Å². The van der Waals surface area contributed by atoms with E-state index in [9.17, 15) is 4.79 Å². The summed E-state index contributed by atoms with van der Waals surface area (Å²) in [5, 5.41) is 0. The molecule has 3 N–H and O–H groups in total. The van der Waals surface area contributed by atoms with Crippen LogP contribution in [0.5, 0.6) is 5.88 Å². The molecule has 0 aliphatic heterocycles. The van der Waals surface area contributed by atoms with Gasteiger partial charge in [0.1, 0.15) is 6.61 Å². The Kier molecular flexibility index (Phi) is 3.47. The fourth-order valence-electron chi connectivity index (χ4n) is 1.57. The van der Waals surface area contributed by atoms with Crippen molar-refractivity contribution in [2.75, 3.05) is 13.7 Å². The predicted molar refractivity (Wildman–Crippen MR) is 67.0 cm³/mol. The van der Waals surface area contributed by atoms with Crippen molar-refractivity contribution in [2.45, 2.75) is 6.54 Å². The molecule has 0 spiro atoms. The van der Waals surface area contributed by atoms with Crippen molar-refractivity contribution in [1.82, 2.24) is 14.5 Å². The van der Waals surface area contributed by atoms with Crippen LogP contribution in [0.15, 0.2) is 12.1 Å². The molecule has 0 aromatic carbocycles. The number of primary amides is 1. The number of nitrogens with zero attached hydrogens (tertiary/aromatic N) is 2. The molecule has 0 unspecified atom stereocenters. The number of nitrogens with two attached hydrogens (primary N) is 1. The molecule has 96 valence electrons. The molecule has 0 bridgehead atoms. The highest BCUT2D eigenvalue weighted by Gasteiger charge is 2.07. The second-order valence-electron chi connectivity index (χ2n) is 3.47. The number of amides is 1. The average molecular weight is 268 g/mol. The fourth-order valence-corrected chi connectivity index (χ4v) is 1.86. The number of hydrogen-bond acceptors (Lipinski definition) is 5. The van der Waals surface area contributed by atoms with Gasteiger partial charge in [0, 0.05) is 6.07 Å². The molecule has 2 heterocycles. The van der Waals surface area contributed by atoms with E-state index in [1.54, 1.807) is 10.6 Å². The summed E-state index contributed by atoms with van der Waals surface area (Å²) in [7, 11) is 1.54. The van der Waals surface area contributed by atoms with Crippen LogP contribution in [0.3, 0.4) is 0 Å². The second-order valence-corrected chi connectivity index (χ2v) is 3.86. The maximum absolute atomic E-state index is 10.5. The molecule has 18 heavy (non-hydrogen) atoms. The number of fused-ring (bicyclic) bond motifs is 1. The molecule has 0 aliphatic rings. The van der Waals surface area contributed by atoms with Gasteiger partial charge < -0.3 is 20.2 Å². The maximum atomic E-state index is 10.5. The van der Waals surface area contributed by atoms with Crippen molar-refractivity contribution in [3.63, 3.8) is 0 Å². The van der Waals surface area contributed by atoms with Crippen molar-refractivity contribution < 1.29 is 14.3 Å². The number of carbonyl (C=O) groups is 1. The van der Waals surface area contributed by atoms with E-state index >= 15 is 0 Å². The zero-order chi connectivity index (χ0) is 13.1. The summed E-state index contributed by atoms with van der Waals surface area (Å²) in [6.45, 7) is 0.511. The molecule has 2 rings (SSSR count). The molecule has 0 aliphatic carbocycles. The Morgan fingerprint density at radius 2 is 2.39 bits per heavy atom. The first-order valence-corrected chi connectivity index (χ1v) is 5.58. The quantitative estimate of drug-likeness (QED) is 0.812. The minimum Gasteiger partial charge on any atom is -0.481 e. The standard InChI is InChI=1S/C10H12N4O3S/c1-16-7-3-2-6-8(13-7)14(10(18)12-6)4-5-17-9(11)15/h2-3H,4-5H2,1H3,(H2,11,15)(H,12,18). The number of carbonyl (C=O) groups excluding carboxylic acids is 1. The van der Waals surface area contributed by atoms with Crippen molar-refractivity contribution >= 4 is 29.5 Å². The second kappa shape index (κ2) is 5.05. The van der Waals surface area contributed by atoms with Gasteiger partial charge in [0.25, 0.3) is 0 Å². The third kappa shape index (κ3) is 2.43. The van der Waals surface area contributed by atoms with Gasteiger partial charge >= 0.3 is 6.09 Å². The zero-order valence-corrected chi connectivity index (χ0v) is 10.5. The molecule has 8 heteroatoms. The molecule has 1 amide bonds. The van der Waals surface area contributed by atoms with E-state index in [1.165, 1.54) is 7.11 Å². The number of aromatic nitrogens is 3. The summed E-state index contributed by atoms with van der Waals surface area (Å²) in [5.74, 6) is 0.487. The van der Waals surface area contributed by atoms with Gasteiger partial charge in [-0.25, -0.2) is 4.79 Å². The number of H-pyrrole nitrogens is 1. The minimum absolute atomic E-state index is 0.134. The fraction of sp³-hybridized carbons (Fsp3) is 0.300. The van der Waals surface area contributed by atoms with Crippen LogP contribution in [-0.4, -0.2) is 34.3 Å². The first-order valence-electron chi connectivity index (χ1n) is 5.17. The van der Waals surface area contributed by atoms with Crippen LogP contribution >= 0.6 is 12.2 Å². The third-order valence-electron chi connectivity index (χ3n) is 2.36. The summed E-state index contributed by atoms with van der Waals surface area (Å²) >= 11 is 5.17. The third-order valence-corrected chi connectivity index (χ3v) is 2.68. The lowest BCUT2D eigenvalue weighted by molar-refractivity contribution is 0.152. The van der Waals surface area contributed by atoms with E-state index in [2.05, 4.69) is 14.7 Å². The summed E-state index contributed by atoms with van der Waals surface area (Å²) in [4.78, 5) is 17.8. The molecule has 2 aromatic heterocycles. The smallest absolute Gasteiger partial charge is 0.404 e. The van der Waals surface area contributed by atoms with Crippen LogP contribution < -0.4 is 10.5 Å². The van der Waals surface area contributed by atoms with Crippen molar-refractivity contribution in [1.29, 1.82) is 0 Å². The van der Waals surface area contributed by atoms with E-state index in [4.69, 9.17) is 22.7 Å². The Morgan fingerprint density at radius 1 is 1.61 bits per heavy atom. The van der Waals surface area contributed by atoms with Gasteiger partial charge in [-0.1, -0.05) is 0 Å². The van der Waals surface area contributed by atoms with Crippen LogP contribution in [0.4, 0.5) is 4.79 Å². The summed E-state index contributed by atoms with van der Waals surface area (Å²) in [6, 6.07) is 3.56. The highest BCUT2D eigenvalue weighted by molar-refractivity contribution is 7.71. The maximum Gasteiger partial charge on any atom is 0.404 e. The highest BCUT2D eigenvalue weighted by Crippen LogP contribution is 2.16. The Balaban J connectivity index is 2.33. The van der Waals surface area contributed by atoms with Crippen LogP contribution in [0.1, 0.15) is 0 Å². The molecular formula is C10H12N4O3S. The van der Waals surface area contributed by atoms with Gasteiger partial charge in [-0.3, -0.25) is 4.57 Å². The van der Waals surface area contributed by atoms with Crippen molar-refractivity contribution in [3.8, 4) is 5.88 Å². The lowest BCUT2D eigenvalue weighted by Gasteiger charge is -2.04. The number of ether oxygens (including phenoxy) is 2. The minimum atomic E-state index is -0.813. The number of aromatic amines is 1. The Labute approximate surface area is 108 Å². The van der Waals surface area contributed by atoms with Gasteiger partial charge in [0.05, 0.1) is 19.2 Å². The van der Waals surface area contributed by atoms with E-state index < -0.39 is 6.09 Å². The monoisotopic (exact) mass is 268 g/mol. The average Bonchev–Trinajstić information content (AvgIpc) is 2.64. The molecule has 0 fully saturated rings. The van der Waals surface area contributed by atoms with E-state index in [-0.39, 0.29) is 6.61 Å². The number of imidazole rings is 1. The normalized spacial score (nSPS) is 10.5. The van der Waals surface area contributed by atoms with Gasteiger partial charge in [-0.2, -0.15) is 4.98 Å². The lowest BCUT2D eigenvalue weighted by Crippen LogP contribution is -2.16. The predicted octanol–water partition coefficient (Wildman–Crippen LogP) is 1.20. The Hall–Kier alpha value is -2.09.